The molecule has 0 radical (unpaired) electrons. The first-order chi connectivity index (χ1) is 9.31. The first kappa shape index (κ1) is 15.3. The zero-order valence-electron chi connectivity index (χ0n) is 11.4. The Morgan fingerprint density at radius 2 is 2.20 bits per heavy atom. The molecule has 2 fully saturated rings. The highest BCUT2D eigenvalue weighted by Crippen LogP contribution is 2.37. The Balaban J connectivity index is 0.00000147. The highest BCUT2D eigenvalue weighted by molar-refractivity contribution is 5.85. The maximum Gasteiger partial charge on any atom is 0.230 e. The van der Waals surface area contributed by atoms with Gasteiger partial charge < -0.3 is 15.4 Å². The molecule has 4 nitrogen and oxygen atoms in total. The Morgan fingerprint density at radius 1 is 1.40 bits per heavy atom. The lowest BCUT2D eigenvalue weighted by atomic mass is 9.80. The molecule has 2 aliphatic rings. The third-order valence-corrected chi connectivity index (χ3v) is 4.29. The van der Waals surface area contributed by atoms with Crippen LogP contribution < -0.4 is 10.6 Å². The van der Waals surface area contributed by atoms with Crippen molar-refractivity contribution in [3.05, 3.63) is 35.9 Å². The molecule has 20 heavy (non-hydrogen) atoms. The molecule has 2 atom stereocenters. The highest BCUT2D eigenvalue weighted by atomic mass is 35.5. The van der Waals surface area contributed by atoms with Gasteiger partial charge in [-0.15, -0.1) is 12.4 Å². The molecule has 0 aliphatic carbocycles. The summed E-state index contributed by atoms with van der Waals surface area (Å²) in [6.07, 6.45) is 0.877. The zero-order valence-corrected chi connectivity index (χ0v) is 12.2. The monoisotopic (exact) mass is 296 g/mol. The van der Waals surface area contributed by atoms with Crippen molar-refractivity contribution in [2.45, 2.75) is 6.42 Å². The number of fused-ring (bicyclic) bond motifs is 1. The molecule has 1 aromatic rings. The van der Waals surface area contributed by atoms with E-state index >= 15 is 0 Å². The molecule has 2 N–H and O–H groups in total. The van der Waals surface area contributed by atoms with Crippen molar-refractivity contribution in [3.63, 3.8) is 0 Å². The molecule has 0 aromatic heterocycles. The standard InChI is InChI=1S/C15H20N2O2.ClH/c18-14(15-10-16-8-13(15)9-19-11-15)17-7-6-12-4-2-1-3-5-12;/h1-5,13,16H,6-11H2,(H,17,18);1H/t13-,15-;/m1./s1. The summed E-state index contributed by atoms with van der Waals surface area (Å²) in [6.45, 7) is 3.60. The van der Waals surface area contributed by atoms with E-state index in [0.29, 0.717) is 25.7 Å². The number of benzene rings is 1. The van der Waals surface area contributed by atoms with Crippen LogP contribution in [-0.2, 0) is 16.0 Å². The summed E-state index contributed by atoms with van der Waals surface area (Å²) >= 11 is 0. The van der Waals surface area contributed by atoms with Crippen LogP contribution in [-0.4, -0.2) is 38.8 Å². The number of halogens is 1. The van der Waals surface area contributed by atoms with Gasteiger partial charge in [-0.05, 0) is 12.0 Å². The predicted octanol–water partition coefficient (Wildman–Crippen LogP) is 1.00. The second kappa shape index (κ2) is 6.57. The fraction of sp³-hybridized carbons (Fsp3) is 0.533. The van der Waals surface area contributed by atoms with Crippen LogP contribution in [0.4, 0.5) is 0 Å². The number of carbonyl (C=O) groups excluding carboxylic acids is 1. The first-order valence-electron chi connectivity index (χ1n) is 6.92. The summed E-state index contributed by atoms with van der Waals surface area (Å²) in [5, 5.41) is 6.39. The summed E-state index contributed by atoms with van der Waals surface area (Å²) in [5.41, 5.74) is 0.931. The maximum atomic E-state index is 12.4. The van der Waals surface area contributed by atoms with Crippen LogP contribution in [0.1, 0.15) is 5.56 Å². The second-order valence-electron chi connectivity index (χ2n) is 5.49. The summed E-state index contributed by atoms with van der Waals surface area (Å²) < 4.78 is 5.50. The molecule has 1 amide bonds. The van der Waals surface area contributed by atoms with E-state index in [-0.39, 0.29) is 23.7 Å². The summed E-state index contributed by atoms with van der Waals surface area (Å²) in [4.78, 5) is 12.4. The van der Waals surface area contributed by atoms with E-state index in [4.69, 9.17) is 4.74 Å². The normalized spacial score (nSPS) is 27.7. The van der Waals surface area contributed by atoms with E-state index in [2.05, 4.69) is 22.8 Å². The first-order valence-corrected chi connectivity index (χ1v) is 6.92. The number of nitrogens with one attached hydrogen (secondary N) is 2. The third-order valence-electron chi connectivity index (χ3n) is 4.29. The van der Waals surface area contributed by atoms with E-state index < -0.39 is 0 Å². The van der Waals surface area contributed by atoms with E-state index in [0.717, 1.165) is 19.5 Å². The van der Waals surface area contributed by atoms with Gasteiger partial charge in [-0.2, -0.15) is 0 Å². The van der Waals surface area contributed by atoms with Crippen molar-refractivity contribution >= 4 is 18.3 Å². The number of rotatable bonds is 4. The van der Waals surface area contributed by atoms with E-state index in [9.17, 15) is 4.79 Å². The van der Waals surface area contributed by atoms with Crippen molar-refractivity contribution < 1.29 is 9.53 Å². The minimum absolute atomic E-state index is 0. The number of hydrogen-bond donors (Lipinski definition) is 2. The lowest BCUT2D eigenvalue weighted by Gasteiger charge is -2.24. The van der Waals surface area contributed by atoms with Crippen LogP contribution in [0.3, 0.4) is 0 Å². The second-order valence-corrected chi connectivity index (χ2v) is 5.49. The Labute approximate surface area is 125 Å². The van der Waals surface area contributed by atoms with Gasteiger partial charge >= 0.3 is 0 Å². The number of ether oxygens (including phenoxy) is 1. The van der Waals surface area contributed by atoms with Gasteiger partial charge in [0.1, 0.15) is 0 Å². The minimum atomic E-state index is -0.323. The molecule has 0 unspecified atom stereocenters. The van der Waals surface area contributed by atoms with Gasteiger partial charge in [0, 0.05) is 25.6 Å². The van der Waals surface area contributed by atoms with Crippen LogP contribution in [0, 0.1) is 11.3 Å². The largest absolute Gasteiger partial charge is 0.380 e. The average Bonchev–Trinajstić information content (AvgIpc) is 3.00. The fourth-order valence-electron chi connectivity index (χ4n) is 3.05. The van der Waals surface area contributed by atoms with Crippen LogP contribution >= 0.6 is 12.4 Å². The molecule has 2 aliphatic heterocycles. The Morgan fingerprint density at radius 3 is 3.00 bits per heavy atom. The minimum Gasteiger partial charge on any atom is -0.380 e. The SMILES string of the molecule is Cl.O=C(NCCc1ccccc1)[C@@]12CNC[C@@H]1COC2. The smallest absolute Gasteiger partial charge is 0.230 e. The van der Waals surface area contributed by atoms with E-state index in [1.54, 1.807) is 0 Å². The van der Waals surface area contributed by atoms with Gasteiger partial charge in [0.05, 0.1) is 18.6 Å². The molecule has 0 bridgehead atoms. The van der Waals surface area contributed by atoms with Crippen molar-refractivity contribution in [3.8, 4) is 0 Å². The Hall–Kier alpha value is -1.10. The Bertz CT molecular complexity index is 442. The summed E-state index contributed by atoms with van der Waals surface area (Å²) in [6, 6.07) is 10.2. The Kier molecular flexibility index (Phi) is 5.02. The predicted molar refractivity (Wildman–Crippen MR) is 80.0 cm³/mol. The van der Waals surface area contributed by atoms with Gasteiger partial charge in [-0.3, -0.25) is 4.79 Å². The molecule has 0 spiro atoms. The van der Waals surface area contributed by atoms with Crippen LogP contribution in [0.25, 0.3) is 0 Å². The van der Waals surface area contributed by atoms with Crippen molar-refractivity contribution in [1.82, 2.24) is 10.6 Å². The topological polar surface area (TPSA) is 50.4 Å². The van der Waals surface area contributed by atoms with Crippen LogP contribution in [0.2, 0.25) is 0 Å². The van der Waals surface area contributed by atoms with Gasteiger partial charge in [-0.1, -0.05) is 30.3 Å². The summed E-state index contributed by atoms with van der Waals surface area (Å²) in [5.74, 6) is 0.486. The quantitative estimate of drug-likeness (QED) is 0.872. The zero-order chi connectivity index (χ0) is 13.1. The summed E-state index contributed by atoms with van der Waals surface area (Å²) in [7, 11) is 0. The van der Waals surface area contributed by atoms with E-state index in [1.807, 2.05) is 18.2 Å². The molecule has 1 aromatic carbocycles. The van der Waals surface area contributed by atoms with Gasteiger partial charge in [0.2, 0.25) is 5.91 Å². The van der Waals surface area contributed by atoms with Crippen LogP contribution in [0.15, 0.2) is 30.3 Å². The van der Waals surface area contributed by atoms with Crippen LogP contribution in [0.5, 0.6) is 0 Å². The van der Waals surface area contributed by atoms with Gasteiger partial charge in [0.15, 0.2) is 0 Å². The average molecular weight is 297 g/mol. The lowest BCUT2D eigenvalue weighted by Crippen LogP contribution is -2.46. The molecular formula is C15H21ClN2O2. The third kappa shape index (κ3) is 2.82. The van der Waals surface area contributed by atoms with Crippen molar-refractivity contribution in [2.24, 2.45) is 11.3 Å². The number of carbonyl (C=O) groups is 1. The van der Waals surface area contributed by atoms with Gasteiger partial charge in [-0.25, -0.2) is 0 Å². The number of hydrogen-bond acceptors (Lipinski definition) is 3. The fourth-order valence-corrected chi connectivity index (χ4v) is 3.05. The maximum absolute atomic E-state index is 12.4. The molecule has 5 heteroatoms. The van der Waals surface area contributed by atoms with Crippen molar-refractivity contribution in [1.29, 1.82) is 0 Å². The number of amides is 1. The van der Waals surface area contributed by atoms with E-state index in [1.165, 1.54) is 5.56 Å². The molecule has 110 valence electrons. The molecule has 0 saturated carbocycles. The highest BCUT2D eigenvalue weighted by Gasteiger charge is 2.52. The van der Waals surface area contributed by atoms with Crippen molar-refractivity contribution in [2.75, 3.05) is 32.8 Å². The van der Waals surface area contributed by atoms with Gasteiger partial charge in [0.25, 0.3) is 0 Å². The molecule has 2 heterocycles. The molecular weight excluding hydrogens is 276 g/mol. The molecule has 2 saturated heterocycles. The lowest BCUT2D eigenvalue weighted by molar-refractivity contribution is -0.131. The molecule has 3 rings (SSSR count).